The van der Waals surface area contributed by atoms with Crippen LogP contribution < -0.4 is 0 Å². The van der Waals surface area contributed by atoms with Crippen LogP contribution in [-0.2, 0) is 5.41 Å². The predicted molar refractivity (Wildman–Crippen MR) is 198 cm³/mol. The van der Waals surface area contributed by atoms with Crippen molar-refractivity contribution in [2.75, 3.05) is 0 Å². The van der Waals surface area contributed by atoms with Gasteiger partial charge in [-0.25, -0.2) is 0 Å². The van der Waals surface area contributed by atoms with Crippen molar-refractivity contribution in [1.82, 2.24) is 9.13 Å². The summed E-state index contributed by atoms with van der Waals surface area (Å²) >= 11 is 0. The van der Waals surface area contributed by atoms with Crippen LogP contribution in [0.1, 0.15) is 25.0 Å². The lowest BCUT2D eigenvalue weighted by Crippen LogP contribution is -2.14. The van der Waals surface area contributed by atoms with Gasteiger partial charge in [-0.3, -0.25) is 0 Å². The summed E-state index contributed by atoms with van der Waals surface area (Å²) in [6.07, 6.45) is 0. The molecular weight excluding hydrogens is 569 g/mol. The number of nitrogens with zero attached hydrogens (tertiary/aromatic N) is 2. The fourth-order valence-corrected chi connectivity index (χ4v) is 8.37. The van der Waals surface area contributed by atoms with E-state index < -0.39 is 0 Å². The third-order valence-corrected chi connectivity index (χ3v) is 10.5. The van der Waals surface area contributed by atoms with Gasteiger partial charge in [0.05, 0.1) is 22.2 Å². The Balaban J connectivity index is 1.11. The second-order valence-electron chi connectivity index (χ2n) is 13.4. The molecule has 2 aromatic heterocycles. The zero-order valence-electron chi connectivity index (χ0n) is 26.4. The molecule has 0 fully saturated rings. The van der Waals surface area contributed by atoms with Gasteiger partial charge in [-0.1, -0.05) is 135 Å². The molecular formula is C45H32N2. The van der Waals surface area contributed by atoms with Gasteiger partial charge < -0.3 is 9.13 Å². The van der Waals surface area contributed by atoms with Gasteiger partial charge in [-0.2, -0.15) is 0 Å². The minimum absolute atomic E-state index is 0.0874. The standard InChI is InChI=1S/C45H32N2/c1-45(2)39-16-8-5-15-37(39)44-42(45)38-28-23-31-11-3-4-12-34(31)43(38)47(44)33-26-21-30(22-27-33)29-19-24-32(25-20-29)46-40-17-9-6-13-35(40)36-14-7-10-18-41(36)46/h3-28H,1-2H3. The smallest absolute Gasteiger partial charge is 0.0616 e. The first-order valence-electron chi connectivity index (χ1n) is 16.5. The van der Waals surface area contributed by atoms with Gasteiger partial charge in [0.2, 0.25) is 0 Å². The number of aromatic nitrogens is 2. The summed E-state index contributed by atoms with van der Waals surface area (Å²) in [7, 11) is 0. The van der Waals surface area contributed by atoms with Crippen LogP contribution in [0.3, 0.4) is 0 Å². The lowest BCUT2D eigenvalue weighted by Gasteiger charge is -2.21. The van der Waals surface area contributed by atoms with E-state index in [9.17, 15) is 0 Å². The monoisotopic (exact) mass is 600 g/mol. The maximum Gasteiger partial charge on any atom is 0.0616 e. The SMILES string of the molecule is CC1(C)c2ccccc2-c2c1c1ccc3ccccc3c1n2-c1ccc(-c2ccc(-n3c4ccccc4c4ccccc43)cc2)cc1. The molecule has 7 aromatic carbocycles. The van der Waals surface area contributed by atoms with Crippen molar-refractivity contribution in [3.63, 3.8) is 0 Å². The van der Waals surface area contributed by atoms with Crippen molar-refractivity contribution in [3.05, 3.63) is 169 Å². The minimum atomic E-state index is -0.0874. The molecule has 0 atom stereocenters. The van der Waals surface area contributed by atoms with Gasteiger partial charge in [0.1, 0.15) is 0 Å². The van der Waals surface area contributed by atoms with Gasteiger partial charge in [-0.05, 0) is 64.0 Å². The molecule has 1 aliphatic rings. The molecule has 10 rings (SSSR count). The van der Waals surface area contributed by atoms with E-state index >= 15 is 0 Å². The molecule has 0 aliphatic heterocycles. The molecule has 2 heterocycles. The maximum atomic E-state index is 2.52. The Morgan fingerprint density at radius 3 is 1.62 bits per heavy atom. The van der Waals surface area contributed by atoms with Crippen LogP contribution in [0.2, 0.25) is 0 Å². The van der Waals surface area contributed by atoms with Crippen molar-refractivity contribution < 1.29 is 0 Å². The Bertz CT molecular complexity index is 2630. The summed E-state index contributed by atoms with van der Waals surface area (Å²) in [5.41, 5.74) is 13.9. The normalized spacial score (nSPS) is 13.5. The summed E-state index contributed by atoms with van der Waals surface area (Å²) in [6.45, 7) is 4.76. The molecule has 222 valence electrons. The summed E-state index contributed by atoms with van der Waals surface area (Å²) in [6, 6.07) is 57.9. The predicted octanol–water partition coefficient (Wildman–Crippen LogP) is 11.9. The molecule has 1 aliphatic carbocycles. The van der Waals surface area contributed by atoms with E-state index in [1.54, 1.807) is 0 Å². The first kappa shape index (κ1) is 26.4. The largest absolute Gasteiger partial charge is 0.309 e. The summed E-state index contributed by atoms with van der Waals surface area (Å²) in [4.78, 5) is 0. The number of rotatable bonds is 3. The van der Waals surface area contributed by atoms with Crippen LogP contribution in [0.4, 0.5) is 0 Å². The fraction of sp³-hybridized carbons (Fsp3) is 0.0667. The van der Waals surface area contributed by atoms with E-state index in [-0.39, 0.29) is 5.41 Å². The zero-order valence-corrected chi connectivity index (χ0v) is 26.4. The van der Waals surface area contributed by atoms with Crippen molar-refractivity contribution in [2.45, 2.75) is 19.3 Å². The molecule has 0 bridgehead atoms. The second-order valence-corrected chi connectivity index (χ2v) is 13.4. The van der Waals surface area contributed by atoms with Crippen LogP contribution in [0.25, 0.3) is 77.2 Å². The highest BCUT2D eigenvalue weighted by atomic mass is 15.0. The summed E-state index contributed by atoms with van der Waals surface area (Å²) in [5.74, 6) is 0. The number of hydrogen-bond donors (Lipinski definition) is 0. The van der Waals surface area contributed by atoms with Gasteiger partial charge in [0.15, 0.2) is 0 Å². The molecule has 0 saturated heterocycles. The van der Waals surface area contributed by atoms with E-state index in [2.05, 4.69) is 181 Å². The summed E-state index contributed by atoms with van der Waals surface area (Å²) < 4.78 is 4.90. The highest BCUT2D eigenvalue weighted by molar-refractivity contribution is 6.12. The van der Waals surface area contributed by atoms with Crippen LogP contribution >= 0.6 is 0 Å². The third-order valence-electron chi connectivity index (χ3n) is 10.5. The van der Waals surface area contributed by atoms with Gasteiger partial charge in [-0.15, -0.1) is 0 Å². The first-order valence-corrected chi connectivity index (χ1v) is 16.5. The Kier molecular flexibility index (Phi) is 5.37. The van der Waals surface area contributed by atoms with Crippen LogP contribution in [0.5, 0.6) is 0 Å². The van der Waals surface area contributed by atoms with Gasteiger partial charge in [0.25, 0.3) is 0 Å². The van der Waals surface area contributed by atoms with Crippen LogP contribution in [0, 0.1) is 0 Å². The number of para-hydroxylation sites is 2. The van der Waals surface area contributed by atoms with E-state index in [0.717, 1.165) is 0 Å². The maximum absolute atomic E-state index is 2.52. The van der Waals surface area contributed by atoms with Gasteiger partial charge in [0, 0.05) is 43.9 Å². The van der Waals surface area contributed by atoms with Crippen molar-refractivity contribution >= 4 is 43.5 Å². The van der Waals surface area contributed by atoms with Crippen LogP contribution in [0.15, 0.2) is 158 Å². The quantitative estimate of drug-likeness (QED) is 0.191. The molecule has 0 spiro atoms. The van der Waals surface area contributed by atoms with Crippen molar-refractivity contribution in [1.29, 1.82) is 0 Å². The average molecular weight is 601 g/mol. The van der Waals surface area contributed by atoms with E-state index in [0.29, 0.717) is 0 Å². The van der Waals surface area contributed by atoms with Crippen molar-refractivity contribution in [3.8, 4) is 33.8 Å². The Morgan fingerprint density at radius 1 is 0.426 bits per heavy atom. The Hall–Kier alpha value is -5.86. The highest BCUT2D eigenvalue weighted by Crippen LogP contribution is 2.54. The highest BCUT2D eigenvalue weighted by Gasteiger charge is 2.40. The fourth-order valence-electron chi connectivity index (χ4n) is 8.37. The topological polar surface area (TPSA) is 9.86 Å². The number of benzene rings is 7. The molecule has 0 N–H and O–H groups in total. The number of hydrogen-bond acceptors (Lipinski definition) is 0. The van der Waals surface area contributed by atoms with E-state index in [1.165, 1.54) is 88.4 Å². The van der Waals surface area contributed by atoms with Crippen molar-refractivity contribution in [2.24, 2.45) is 0 Å². The molecule has 0 saturated carbocycles. The molecule has 2 nitrogen and oxygen atoms in total. The molecule has 0 unspecified atom stereocenters. The zero-order chi connectivity index (χ0) is 31.3. The average Bonchev–Trinajstić information content (AvgIpc) is 3.73. The molecule has 9 aromatic rings. The molecule has 2 heteroatoms. The third kappa shape index (κ3) is 3.61. The van der Waals surface area contributed by atoms with E-state index in [1.807, 2.05) is 0 Å². The number of fused-ring (bicyclic) bond motifs is 10. The minimum Gasteiger partial charge on any atom is -0.309 e. The first-order chi connectivity index (χ1) is 23.1. The second kappa shape index (κ2) is 9.57. The Labute approximate surface area is 273 Å². The molecule has 0 amide bonds. The molecule has 0 radical (unpaired) electrons. The van der Waals surface area contributed by atoms with Gasteiger partial charge >= 0.3 is 0 Å². The lowest BCUT2D eigenvalue weighted by molar-refractivity contribution is 0.666. The Morgan fingerprint density at radius 2 is 0.957 bits per heavy atom. The van der Waals surface area contributed by atoms with Crippen LogP contribution in [-0.4, -0.2) is 9.13 Å². The molecule has 47 heavy (non-hydrogen) atoms. The summed E-state index contributed by atoms with van der Waals surface area (Å²) in [5, 5.41) is 6.46. The lowest BCUT2D eigenvalue weighted by atomic mass is 9.81. The van der Waals surface area contributed by atoms with E-state index in [4.69, 9.17) is 0 Å².